The van der Waals surface area contributed by atoms with Gasteiger partial charge in [-0.2, -0.15) is 5.26 Å². The van der Waals surface area contributed by atoms with Gasteiger partial charge in [-0.15, -0.1) is 0 Å². The molecule has 0 bridgehead atoms. The van der Waals surface area contributed by atoms with Gasteiger partial charge in [0.05, 0.1) is 11.7 Å². The van der Waals surface area contributed by atoms with Crippen LogP contribution in [-0.2, 0) is 4.79 Å². The van der Waals surface area contributed by atoms with Crippen molar-refractivity contribution in [3.05, 3.63) is 29.8 Å². The zero-order valence-corrected chi connectivity index (χ0v) is 11.5. The number of nitrogens with zero attached hydrogens (tertiary/aromatic N) is 2. The van der Waals surface area contributed by atoms with E-state index in [0.717, 1.165) is 12.8 Å². The Labute approximate surface area is 118 Å². The second-order valence-corrected chi connectivity index (χ2v) is 4.95. The Hall–Kier alpha value is -2.06. The molecule has 1 fully saturated rings. The smallest absolute Gasteiger partial charge is 0.263 e. The van der Waals surface area contributed by atoms with Gasteiger partial charge in [0.15, 0.2) is 6.10 Å². The summed E-state index contributed by atoms with van der Waals surface area (Å²) in [5, 5.41) is 18.6. The van der Waals surface area contributed by atoms with E-state index in [0.29, 0.717) is 24.4 Å². The fraction of sp³-hybridized carbons (Fsp3) is 0.467. The van der Waals surface area contributed by atoms with Gasteiger partial charge >= 0.3 is 0 Å². The third-order valence-electron chi connectivity index (χ3n) is 3.37. The molecule has 1 amide bonds. The van der Waals surface area contributed by atoms with Crippen molar-refractivity contribution in [1.29, 1.82) is 5.26 Å². The van der Waals surface area contributed by atoms with Gasteiger partial charge in [-0.05, 0) is 31.9 Å². The number of nitriles is 1. The van der Waals surface area contributed by atoms with E-state index >= 15 is 0 Å². The first-order valence-corrected chi connectivity index (χ1v) is 6.74. The monoisotopic (exact) mass is 274 g/mol. The van der Waals surface area contributed by atoms with E-state index in [1.165, 1.54) is 0 Å². The second-order valence-electron chi connectivity index (χ2n) is 4.95. The zero-order valence-electron chi connectivity index (χ0n) is 11.5. The molecule has 5 nitrogen and oxygen atoms in total. The normalized spacial score (nSPS) is 20.1. The summed E-state index contributed by atoms with van der Waals surface area (Å²) < 4.78 is 5.59. The molecule has 1 N–H and O–H groups in total. The van der Waals surface area contributed by atoms with Gasteiger partial charge in [0.25, 0.3) is 5.91 Å². The molecule has 1 aliphatic rings. The molecule has 1 aromatic rings. The van der Waals surface area contributed by atoms with Crippen molar-refractivity contribution < 1.29 is 14.6 Å². The summed E-state index contributed by atoms with van der Waals surface area (Å²) in [6.07, 6.45) is 0.408. The molecule has 0 radical (unpaired) electrons. The van der Waals surface area contributed by atoms with Gasteiger partial charge in [-0.25, -0.2) is 0 Å². The highest BCUT2D eigenvalue weighted by atomic mass is 16.5. The van der Waals surface area contributed by atoms with E-state index in [1.54, 1.807) is 36.1 Å². The molecule has 20 heavy (non-hydrogen) atoms. The predicted octanol–water partition coefficient (Wildman–Crippen LogP) is 1.31. The molecular formula is C15H18N2O3. The van der Waals surface area contributed by atoms with E-state index in [-0.39, 0.29) is 5.91 Å². The maximum atomic E-state index is 12.3. The number of benzene rings is 1. The summed E-state index contributed by atoms with van der Waals surface area (Å²) in [6, 6.07) is 8.87. The average molecular weight is 274 g/mol. The molecule has 1 heterocycles. The average Bonchev–Trinajstić information content (AvgIpc) is 2.47. The minimum atomic E-state index is -0.671. The first-order valence-electron chi connectivity index (χ1n) is 6.74. The zero-order chi connectivity index (χ0) is 14.5. The van der Waals surface area contributed by atoms with E-state index in [2.05, 4.69) is 0 Å². The molecule has 1 unspecified atom stereocenters. The van der Waals surface area contributed by atoms with Gasteiger partial charge in [0, 0.05) is 13.1 Å². The SMILES string of the molecule is CC(Oc1ccccc1C#N)C(=O)N1CCC[C@H](O)C1. The summed E-state index contributed by atoms with van der Waals surface area (Å²) in [4.78, 5) is 13.9. The van der Waals surface area contributed by atoms with E-state index in [9.17, 15) is 9.90 Å². The second kappa shape index (κ2) is 6.40. The van der Waals surface area contributed by atoms with Crippen molar-refractivity contribution in [2.24, 2.45) is 0 Å². The van der Waals surface area contributed by atoms with Gasteiger partial charge in [0.1, 0.15) is 11.8 Å². The molecule has 2 atom stereocenters. The van der Waals surface area contributed by atoms with Crippen LogP contribution in [0.15, 0.2) is 24.3 Å². The number of hydrogen-bond acceptors (Lipinski definition) is 4. The lowest BCUT2D eigenvalue weighted by molar-refractivity contribution is -0.141. The third-order valence-corrected chi connectivity index (χ3v) is 3.37. The maximum absolute atomic E-state index is 12.3. The van der Waals surface area contributed by atoms with Crippen LogP contribution in [0.3, 0.4) is 0 Å². The van der Waals surface area contributed by atoms with Crippen LogP contribution < -0.4 is 4.74 Å². The Morgan fingerprint density at radius 3 is 3.00 bits per heavy atom. The molecule has 0 spiro atoms. The highest BCUT2D eigenvalue weighted by Gasteiger charge is 2.27. The van der Waals surface area contributed by atoms with Crippen LogP contribution >= 0.6 is 0 Å². The van der Waals surface area contributed by atoms with Gasteiger partial charge in [-0.1, -0.05) is 12.1 Å². The van der Waals surface area contributed by atoms with Crippen LogP contribution in [0.2, 0.25) is 0 Å². The number of hydrogen-bond donors (Lipinski definition) is 1. The summed E-state index contributed by atoms with van der Waals surface area (Å²) in [7, 11) is 0. The summed E-state index contributed by atoms with van der Waals surface area (Å²) in [5.41, 5.74) is 0.408. The molecule has 0 aliphatic carbocycles. The van der Waals surface area contributed by atoms with Crippen LogP contribution in [0.5, 0.6) is 5.75 Å². The first kappa shape index (κ1) is 14.4. The summed E-state index contributed by atoms with van der Waals surface area (Å²) >= 11 is 0. The fourth-order valence-electron chi connectivity index (χ4n) is 2.31. The molecule has 0 aromatic heterocycles. The molecule has 2 rings (SSSR count). The number of piperidine rings is 1. The molecule has 1 aromatic carbocycles. The molecule has 1 saturated heterocycles. The lowest BCUT2D eigenvalue weighted by Crippen LogP contribution is -2.47. The number of likely N-dealkylation sites (tertiary alicyclic amines) is 1. The topological polar surface area (TPSA) is 73.6 Å². The number of carbonyl (C=O) groups excluding carboxylic acids is 1. The molecular weight excluding hydrogens is 256 g/mol. The number of aliphatic hydroxyl groups excluding tert-OH is 1. The number of rotatable bonds is 3. The van der Waals surface area contributed by atoms with E-state index in [1.807, 2.05) is 6.07 Å². The largest absolute Gasteiger partial charge is 0.480 e. The Morgan fingerprint density at radius 1 is 1.55 bits per heavy atom. The molecule has 1 aliphatic heterocycles. The van der Waals surface area contributed by atoms with Gasteiger partial charge in [0.2, 0.25) is 0 Å². The van der Waals surface area contributed by atoms with Crippen molar-refractivity contribution in [3.63, 3.8) is 0 Å². The van der Waals surface area contributed by atoms with Crippen LogP contribution in [0.1, 0.15) is 25.3 Å². The summed E-state index contributed by atoms with van der Waals surface area (Å²) in [6.45, 7) is 2.66. The highest BCUT2D eigenvalue weighted by Crippen LogP contribution is 2.19. The van der Waals surface area contributed by atoms with Crippen LogP contribution in [0.4, 0.5) is 0 Å². The minimum Gasteiger partial charge on any atom is -0.480 e. The number of ether oxygens (including phenoxy) is 1. The lowest BCUT2D eigenvalue weighted by Gasteiger charge is -2.32. The Balaban J connectivity index is 2.02. The molecule has 106 valence electrons. The maximum Gasteiger partial charge on any atom is 0.263 e. The van der Waals surface area contributed by atoms with Crippen molar-refractivity contribution in [2.75, 3.05) is 13.1 Å². The number of carbonyl (C=O) groups is 1. The van der Waals surface area contributed by atoms with Crippen molar-refractivity contribution >= 4 is 5.91 Å². The number of β-amino-alcohol motifs (C(OH)–C–C–N with tert-alkyl or cyclic N) is 1. The Bertz CT molecular complexity index is 524. The number of amides is 1. The van der Waals surface area contributed by atoms with Crippen molar-refractivity contribution in [3.8, 4) is 11.8 Å². The van der Waals surface area contributed by atoms with Crippen LogP contribution in [0, 0.1) is 11.3 Å². The Morgan fingerprint density at radius 2 is 2.30 bits per heavy atom. The third kappa shape index (κ3) is 3.28. The predicted molar refractivity (Wildman–Crippen MR) is 73.1 cm³/mol. The van der Waals surface area contributed by atoms with Gasteiger partial charge < -0.3 is 14.7 Å². The number of para-hydroxylation sites is 1. The highest BCUT2D eigenvalue weighted by molar-refractivity contribution is 5.81. The fourth-order valence-corrected chi connectivity index (χ4v) is 2.31. The van der Waals surface area contributed by atoms with Crippen LogP contribution in [-0.4, -0.2) is 41.2 Å². The molecule has 0 saturated carbocycles. The van der Waals surface area contributed by atoms with Crippen molar-refractivity contribution in [1.82, 2.24) is 4.90 Å². The van der Waals surface area contributed by atoms with E-state index < -0.39 is 12.2 Å². The lowest BCUT2D eigenvalue weighted by atomic mass is 10.1. The Kier molecular flexibility index (Phi) is 4.59. The quantitative estimate of drug-likeness (QED) is 0.902. The molecule has 5 heteroatoms. The standard InChI is InChI=1S/C15H18N2O3/c1-11(15(19)17-8-4-6-13(18)10-17)20-14-7-3-2-5-12(14)9-16/h2-3,5,7,11,13,18H,4,6,8,10H2,1H3/t11?,13-/m0/s1. The van der Waals surface area contributed by atoms with E-state index in [4.69, 9.17) is 10.00 Å². The van der Waals surface area contributed by atoms with Crippen molar-refractivity contribution in [2.45, 2.75) is 32.0 Å². The summed E-state index contributed by atoms with van der Waals surface area (Å²) in [5.74, 6) is 0.255. The first-order chi connectivity index (χ1) is 9.61. The van der Waals surface area contributed by atoms with Crippen LogP contribution in [0.25, 0.3) is 0 Å². The number of aliphatic hydroxyl groups is 1. The van der Waals surface area contributed by atoms with Gasteiger partial charge in [-0.3, -0.25) is 4.79 Å². The minimum absolute atomic E-state index is 0.156.